The van der Waals surface area contributed by atoms with Crippen LogP contribution in [0.3, 0.4) is 0 Å². The lowest BCUT2D eigenvalue weighted by Crippen LogP contribution is -2.29. The maximum absolute atomic E-state index is 5.64. The summed E-state index contributed by atoms with van der Waals surface area (Å²) in [5, 5.41) is 0. The second-order valence-electron chi connectivity index (χ2n) is 4.07. The summed E-state index contributed by atoms with van der Waals surface area (Å²) in [5.74, 6) is 0.708. The molecule has 70 valence electrons. The van der Waals surface area contributed by atoms with Gasteiger partial charge in [0.2, 0.25) is 0 Å². The third-order valence-corrected chi connectivity index (χ3v) is 2.60. The fourth-order valence-corrected chi connectivity index (χ4v) is 1.96. The van der Waals surface area contributed by atoms with E-state index in [1.165, 1.54) is 12.0 Å². The van der Waals surface area contributed by atoms with E-state index in [9.17, 15) is 0 Å². The summed E-state index contributed by atoms with van der Waals surface area (Å²) in [6, 6.07) is 0.690. The molecule has 0 radical (unpaired) electrons. The van der Waals surface area contributed by atoms with E-state index in [1.54, 1.807) is 0 Å². The van der Waals surface area contributed by atoms with E-state index in [0.717, 1.165) is 19.6 Å². The molecule has 1 fully saturated rings. The smallest absolute Gasteiger partial charge is 0.0190 e. The van der Waals surface area contributed by atoms with E-state index < -0.39 is 0 Å². The van der Waals surface area contributed by atoms with Crippen molar-refractivity contribution in [2.45, 2.75) is 26.3 Å². The Kier molecular flexibility index (Phi) is 3.29. The second kappa shape index (κ2) is 4.06. The first-order chi connectivity index (χ1) is 5.63. The van der Waals surface area contributed by atoms with E-state index >= 15 is 0 Å². The molecule has 0 aromatic heterocycles. The highest BCUT2D eigenvalue weighted by Crippen LogP contribution is 2.22. The van der Waals surface area contributed by atoms with Gasteiger partial charge in [-0.1, -0.05) is 12.2 Å². The molecule has 0 aliphatic carbocycles. The first-order valence-electron chi connectivity index (χ1n) is 4.72. The molecule has 0 amide bonds. The molecule has 0 saturated carbocycles. The van der Waals surface area contributed by atoms with Crippen molar-refractivity contribution in [2.24, 2.45) is 11.7 Å². The zero-order valence-electron chi connectivity index (χ0n) is 8.21. The van der Waals surface area contributed by atoms with Crippen LogP contribution in [0.15, 0.2) is 12.2 Å². The van der Waals surface area contributed by atoms with E-state index in [0.29, 0.717) is 12.0 Å². The van der Waals surface area contributed by atoms with Gasteiger partial charge in [0.25, 0.3) is 0 Å². The summed E-state index contributed by atoms with van der Waals surface area (Å²) in [6.45, 7) is 11.3. The number of hydrogen-bond donors (Lipinski definition) is 1. The number of likely N-dealkylation sites (tertiary alicyclic amines) is 1. The monoisotopic (exact) mass is 168 g/mol. The minimum absolute atomic E-state index is 0.690. The first-order valence-corrected chi connectivity index (χ1v) is 4.72. The summed E-state index contributed by atoms with van der Waals surface area (Å²) in [7, 11) is 0. The molecule has 0 spiro atoms. The van der Waals surface area contributed by atoms with Crippen LogP contribution in [-0.2, 0) is 0 Å². The number of nitrogens with two attached hydrogens (primary N) is 1. The zero-order valence-corrected chi connectivity index (χ0v) is 8.21. The Morgan fingerprint density at radius 3 is 2.75 bits per heavy atom. The topological polar surface area (TPSA) is 29.3 Å². The van der Waals surface area contributed by atoms with E-state index in [2.05, 4.69) is 25.3 Å². The largest absolute Gasteiger partial charge is 0.330 e. The predicted octanol–water partition coefficient (Wildman–Crippen LogP) is 1.23. The van der Waals surface area contributed by atoms with Crippen molar-refractivity contribution >= 4 is 0 Å². The van der Waals surface area contributed by atoms with Crippen molar-refractivity contribution in [1.29, 1.82) is 0 Å². The molecule has 2 heteroatoms. The average molecular weight is 168 g/mol. The Balaban J connectivity index is 2.40. The lowest BCUT2D eigenvalue weighted by molar-refractivity contribution is 0.287. The van der Waals surface area contributed by atoms with Gasteiger partial charge in [-0.2, -0.15) is 0 Å². The van der Waals surface area contributed by atoms with Crippen LogP contribution in [0.4, 0.5) is 0 Å². The maximum atomic E-state index is 5.64. The molecule has 1 rings (SSSR count). The molecular weight excluding hydrogens is 148 g/mol. The lowest BCUT2D eigenvalue weighted by atomic mass is 10.1. The van der Waals surface area contributed by atoms with Crippen LogP contribution < -0.4 is 5.73 Å². The summed E-state index contributed by atoms with van der Waals surface area (Å²) < 4.78 is 0. The fraction of sp³-hybridized carbons (Fsp3) is 0.800. The Labute approximate surface area is 75.4 Å². The van der Waals surface area contributed by atoms with Crippen LogP contribution in [0.2, 0.25) is 0 Å². The standard InChI is InChI=1S/C10H20N2/c1-8(2)6-12-7-10(5-11)4-9(12)3/h9-10H,1,4-7,11H2,2-3H3. The van der Waals surface area contributed by atoms with E-state index in [-0.39, 0.29) is 0 Å². The van der Waals surface area contributed by atoms with Crippen LogP contribution in [0.25, 0.3) is 0 Å². The van der Waals surface area contributed by atoms with Crippen molar-refractivity contribution in [3.05, 3.63) is 12.2 Å². The van der Waals surface area contributed by atoms with Crippen molar-refractivity contribution < 1.29 is 0 Å². The number of nitrogens with zero attached hydrogens (tertiary/aromatic N) is 1. The Hall–Kier alpha value is -0.340. The van der Waals surface area contributed by atoms with Crippen LogP contribution in [0.1, 0.15) is 20.3 Å². The van der Waals surface area contributed by atoms with Gasteiger partial charge in [-0.25, -0.2) is 0 Å². The summed E-state index contributed by atoms with van der Waals surface area (Å²) in [5.41, 5.74) is 6.89. The molecule has 1 heterocycles. The lowest BCUT2D eigenvalue weighted by Gasteiger charge is -2.20. The predicted molar refractivity (Wildman–Crippen MR) is 53.0 cm³/mol. The molecule has 2 N–H and O–H groups in total. The molecule has 2 atom stereocenters. The number of rotatable bonds is 3. The molecule has 1 aliphatic heterocycles. The Morgan fingerprint density at radius 2 is 2.33 bits per heavy atom. The molecule has 1 aliphatic rings. The minimum atomic E-state index is 0.690. The molecule has 0 aromatic carbocycles. The summed E-state index contributed by atoms with van der Waals surface area (Å²) in [6.07, 6.45) is 1.25. The summed E-state index contributed by atoms with van der Waals surface area (Å²) in [4.78, 5) is 2.47. The minimum Gasteiger partial charge on any atom is -0.330 e. The second-order valence-corrected chi connectivity index (χ2v) is 4.07. The first kappa shape index (κ1) is 9.75. The average Bonchev–Trinajstić information content (AvgIpc) is 2.31. The molecule has 12 heavy (non-hydrogen) atoms. The fourth-order valence-electron chi connectivity index (χ4n) is 1.96. The molecule has 2 unspecified atom stereocenters. The van der Waals surface area contributed by atoms with Crippen LogP contribution in [0.5, 0.6) is 0 Å². The Bertz CT molecular complexity index is 165. The van der Waals surface area contributed by atoms with Crippen LogP contribution in [-0.4, -0.2) is 30.6 Å². The van der Waals surface area contributed by atoms with Gasteiger partial charge in [-0.15, -0.1) is 0 Å². The van der Waals surface area contributed by atoms with Crippen molar-refractivity contribution in [3.63, 3.8) is 0 Å². The third-order valence-electron chi connectivity index (χ3n) is 2.60. The van der Waals surface area contributed by atoms with E-state index in [4.69, 9.17) is 5.73 Å². The van der Waals surface area contributed by atoms with Crippen LogP contribution in [0, 0.1) is 5.92 Å². The zero-order chi connectivity index (χ0) is 9.14. The summed E-state index contributed by atoms with van der Waals surface area (Å²) >= 11 is 0. The highest BCUT2D eigenvalue weighted by Gasteiger charge is 2.27. The van der Waals surface area contributed by atoms with Gasteiger partial charge in [0, 0.05) is 19.1 Å². The van der Waals surface area contributed by atoms with Gasteiger partial charge in [-0.3, -0.25) is 4.90 Å². The molecule has 0 aromatic rings. The molecule has 1 saturated heterocycles. The third kappa shape index (κ3) is 2.32. The van der Waals surface area contributed by atoms with Crippen molar-refractivity contribution in [2.75, 3.05) is 19.6 Å². The highest BCUT2D eigenvalue weighted by molar-refractivity contribution is 4.96. The molecule has 2 nitrogen and oxygen atoms in total. The van der Waals surface area contributed by atoms with Crippen molar-refractivity contribution in [1.82, 2.24) is 4.90 Å². The van der Waals surface area contributed by atoms with Crippen LogP contribution >= 0.6 is 0 Å². The van der Waals surface area contributed by atoms with Gasteiger partial charge >= 0.3 is 0 Å². The molecule has 0 bridgehead atoms. The Morgan fingerprint density at radius 1 is 1.67 bits per heavy atom. The van der Waals surface area contributed by atoms with Gasteiger partial charge in [0.05, 0.1) is 0 Å². The van der Waals surface area contributed by atoms with Gasteiger partial charge in [-0.05, 0) is 32.7 Å². The van der Waals surface area contributed by atoms with Gasteiger partial charge in [0.15, 0.2) is 0 Å². The SMILES string of the molecule is C=C(C)CN1CC(CN)CC1C. The van der Waals surface area contributed by atoms with Crippen molar-refractivity contribution in [3.8, 4) is 0 Å². The quantitative estimate of drug-likeness (QED) is 0.642. The number of hydrogen-bond acceptors (Lipinski definition) is 2. The van der Waals surface area contributed by atoms with Gasteiger partial charge < -0.3 is 5.73 Å². The normalized spacial score (nSPS) is 30.9. The molecular formula is C10H20N2. The van der Waals surface area contributed by atoms with Gasteiger partial charge in [0.1, 0.15) is 0 Å². The highest BCUT2D eigenvalue weighted by atomic mass is 15.2. The van der Waals surface area contributed by atoms with E-state index in [1.807, 2.05) is 0 Å². The maximum Gasteiger partial charge on any atom is 0.0190 e.